The molecule has 0 aliphatic heterocycles. The number of nitrogens with one attached hydrogen (secondary N) is 1. The number of ether oxygens (including phenoxy) is 1. The van der Waals surface area contributed by atoms with Crippen LogP contribution in [0.3, 0.4) is 0 Å². The van der Waals surface area contributed by atoms with E-state index in [9.17, 15) is 22.8 Å². The summed E-state index contributed by atoms with van der Waals surface area (Å²) in [5, 5.41) is 2.32. The lowest BCUT2D eigenvalue weighted by molar-refractivity contribution is -0.143. The van der Waals surface area contributed by atoms with Crippen LogP contribution in [0.2, 0.25) is 0 Å². The average molecular weight is 289 g/mol. The van der Waals surface area contributed by atoms with E-state index in [0.717, 1.165) is 12.1 Å². The summed E-state index contributed by atoms with van der Waals surface area (Å²) in [6, 6.07) is 4.28. The molecule has 0 aromatic heterocycles. The van der Waals surface area contributed by atoms with Gasteiger partial charge in [0.1, 0.15) is 6.54 Å². The molecule has 0 unspecified atom stereocenters. The second kappa shape index (κ2) is 6.93. The molecular weight excluding hydrogens is 275 g/mol. The molecule has 7 heteroatoms. The number of alkyl halides is 3. The first-order valence-corrected chi connectivity index (χ1v) is 5.91. The van der Waals surface area contributed by atoms with Crippen LogP contribution in [0.1, 0.15) is 18.1 Å². The highest BCUT2D eigenvalue weighted by molar-refractivity contribution is 5.83. The molecule has 0 heterocycles. The standard InChI is InChI=1S/C13H14F3NO3/c1-2-20-12(19)8-17-11(18)7-9-3-5-10(6-4-9)13(14,15)16/h3-6H,2,7-8H2,1H3,(H,17,18). The Morgan fingerprint density at radius 2 is 1.80 bits per heavy atom. The maximum Gasteiger partial charge on any atom is 0.416 e. The molecule has 1 N–H and O–H groups in total. The van der Waals surface area contributed by atoms with Crippen molar-refractivity contribution >= 4 is 11.9 Å². The van der Waals surface area contributed by atoms with Gasteiger partial charge in [0.05, 0.1) is 18.6 Å². The van der Waals surface area contributed by atoms with E-state index in [1.807, 2.05) is 0 Å². The minimum Gasteiger partial charge on any atom is -0.465 e. The third kappa shape index (κ3) is 5.29. The lowest BCUT2D eigenvalue weighted by Gasteiger charge is -2.08. The lowest BCUT2D eigenvalue weighted by Crippen LogP contribution is -2.31. The molecule has 0 aliphatic carbocycles. The molecule has 0 saturated heterocycles. The fourth-order valence-electron chi connectivity index (χ4n) is 1.44. The second-order valence-corrected chi connectivity index (χ2v) is 3.95. The molecular formula is C13H14F3NO3. The molecule has 1 amide bonds. The summed E-state index contributed by atoms with van der Waals surface area (Å²) in [5.74, 6) is -1.02. The predicted octanol–water partition coefficient (Wildman–Crippen LogP) is 1.93. The topological polar surface area (TPSA) is 55.4 Å². The smallest absolute Gasteiger partial charge is 0.416 e. The van der Waals surface area contributed by atoms with Gasteiger partial charge >= 0.3 is 12.1 Å². The minimum atomic E-state index is -4.40. The number of esters is 1. The zero-order valence-corrected chi connectivity index (χ0v) is 10.8. The largest absolute Gasteiger partial charge is 0.465 e. The fourth-order valence-corrected chi connectivity index (χ4v) is 1.44. The van der Waals surface area contributed by atoms with Crippen molar-refractivity contribution in [3.63, 3.8) is 0 Å². The van der Waals surface area contributed by atoms with Crippen LogP contribution in [0.15, 0.2) is 24.3 Å². The van der Waals surface area contributed by atoms with Gasteiger partial charge in [0, 0.05) is 0 Å². The number of rotatable bonds is 5. The maximum absolute atomic E-state index is 12.3. The van der Waals surface area contributed by atoms with Crippen LogP contribution in [0.5, 0.6) is 0 Å². The molecule has 1 aromatic carbocycles. The maximum atomic E-state index is 12.3. The van der Waals surface area contributed by atoms with Crippen LogP contribution in [0.25, 0.3) is 0 Å². The summed E-state index contributed by atoms with van der Waals surface area (Å²) >= 11 is 0. The van der Waals surface area contributed by atoms with Crippen molar-refractivity contribution in [3.05, 3.63) is 35.4 Å². The highest BCUT2D eigenvalue weighted by Crippen LogP contribution is 2.29. The van der Waals surface area contributed by atoms with Crippen molar-refractivity contribution in [2.45, 2.75) is 19.5 Å². The van der Waals surface area contributed by atoms with Crippen LogP contribution in [0.4, 0.5) is 13.2 Å². The Hall–Kier alpha value is -2.05. The molecule has 0 atom stereocenters. The summed E-state index contributed by atoms with van der Waals surface area (Å²) in [4.78, 5) is 22.5. The Morgan fingerprint density at radius 1 is 1.20 bits per heavy atom. The number of hydrogen-bond acceptors (Lipinski definition) is 3. The molecule has 0 spiro atoms. The van der Waals surface area contributed by atoms with Crippen molar-refractivity contribution in [2.75, 3.05) is 13.2 Å². The van der Waals surface area contributed by atoms with Crippen molar-refractivity contribution in [1.29, 1.82) is 0 Å². The van der Waals surface area contributed by atoms with Gasteiger partial charge in [-0.2, -0.15) is 13.2 Å². The Kier molecular flexibility index (Phi) is 5.54. The number of amides is 1. The van der Waals surface area contributed by atoms with E-state index in [4.69, 9.17) is 0 Å². The fraction of sp³-hybridized carbons (Fsp3) is 0.385. The van der Waals surface area contributed by atoms with E-state index in [1.165, 1.54) is 12.1 Å². The molecule has 1 rings (SSSR count). The van der Waals surface area contributed by atoms with E-state index in [-0.39, 0.29) is 19.6 Å². The number of benzene rings is 1. The molecule has 0 aliphatic rings. The van der Waals surface area contributed by atoms with Gasteiger partial charge < -0.3 is 10.1 Å². The summed E-state index contributed by atoms with van der Waals surface area (Å²) in [7, 11) is 0. The Bertz CT molecular complexity index is 469. The highest BCUT2D eigenvalue weighted by Gasteiger charge is 2.29. The van der Waals surface area contributed by atoms with Crippen LogP contribution in [-0.2, 0) is 26.9 Å². The average Bonchev–Trinajstić information content (AvgIpc) is 2.36. The van der Waals surface area contributed by atoms with Gasteiger partial charge in [-0.25, -0.2) is 0 Å². The van der Waals surface area contributed by atoms with Gasteiger partial charge in [-0.15, -0.1) is 0 Å². The first-order valence-electron chi connectivity index (χ1n) is 5.91. The van der Waals surface area contributed by atoms with Crippen LogP contribution in [0, 0.1) is 0 Å². The van der Waals surface area contributed by atoms with Gasteiger partial charge in [0.25, 0.3) is 0 Å². The van der Waals surface area contributed by atoms with Crippen molar-refractivity contribution in [2.24, 2.45) is 0 Å². The van der Waals surface area contributed by atoms with E-state index in [1.54, 1.807) is 6.92 Å². The third-order valence-electron chi connectivity index (χ3n) is 2.38. The van der Waals surface area contributed by atoms with Crippen molar-refractivity contribution in [1.82, 2.24) is 5.32 Å². The number of hydrogen-bond donors (Lipinski definition) is 1. The first-order chi connectivity index (χ1) is 9.32. The number of carbonyl (C=O) groups is 2. The number of halogens is 3. The molecule has 0 radical (unpaired) electrons. The van der Waals surface area contributed by atoms with Gasteiger partial charge in [0.2, 0.25) is 5.91 Å². The van der Waals surface area contributed by atoms with Gasteiger partial charge in [-0.1, -0.05) is 12.1 Å². The zero-order valence-electron chi connectivity index (χ0n) is 10.8. The normalized spacial score (nSPS) is 11.0. The van der Waals surface area contributed by atoms with Gasteiger partial charge in [-0.3, -0.25) is 9.59 Å². The third-order valence-corrected chi connectivity index (χ3v) is 2.38. The molecule has 0 saturated carbocycles. The molecule has 110 valence electrons. The SMILES string of the molecule is CCOC(=O)CNC(=O)Cc1ccc(C(F)(F)F)cc1. The molecule has 4 nitrogen and oxygen atoms in total. The predicted molar refractivity (Wildman–Crippen MR) is 64.8 cm³/mol. The van der Waals surface area contributed by atoms with Crippen LogP contribution >= 0.6 is 0 Å². The van der Waals surface area contributed by atoms with E-state index in [0.29, 0.717) is 5.56 Å². The minimum absolute atomic E-state index is 0.0997. The number of carbonyl (C=O) groups excluding carboxylic acids is 2. The van der Waals surface area contributed by atoms with Crippen LogP contribution in [-0.4, -0.2) is 25.0 Å². The van der Waals surface area contributed by atoms with Crippen molar-refractivity contribution in [3.8, 4) is 0 Å². The second-order valence-electron chi connectivity index (χ2n) is 3.95. The monoisotopic (exact) mass is 289 g/mol. The van der Waals surface area contributed by atoms with E-state index in [2.05, 4.69) is 10.1 Å². The van der Waals surface area contributed by atoms with E-state index < -0.39 is 23.6 Å². The summed E-state index contributed by atoms with van der Waals surface area (Å²) in [5.41, 5.74) is -0.340. The summed E-state index contributed by atoms with van der Waals surface area (Å²) in [6.45, 7) is 1.60. The summed E-state index contributed by atoms with van der Waals surface area (Å²) in [6.07, 6.45) is -4.50. The summed E-state index contributed by atoms with van der Waals surface area (Å²) < 4.78 is 41.6. The molecule has 1 aromatic rings. The van der Waals surface area contributed by atoms with Gasteiger partial charge in [0.15, 0.2) is 0 Å². The van der Waals surface area contributed by atoms with Crippen molar-refractivity contribution < 1.29 is 27.5 Å². The molecule has 0 fully saturated rings. The lowest BCUT2D eigenvalue weighted by atomic mass is 10.1. The molecule has 20 heavy (non-hydrogen) atoms. The molecule has 0 bridgehead atoms. The van der Waals surface area contributed by atoms with Crippen LogP contribution < -0.4 is 5.32 Å². The Morgan fingerprint density at radius 3 is 2.30 bits per heavy atom. The highest BCUT2D eigenvalue weighted by atomic mass is 19.4. The Labute approximate surface area is 113 Å². The van der Waals surface area contributed by atoms with E-state index >= 15 is 0 Å². The zero-order chi connectivity index (χ0) is 15.2. The van der Waals surface area contributed by atoms with Gasteiger partial charge in [-0.05, 0) is 24.6 Å². The quantitative estimate of drug-likeness (QED) is 0.843. The Balaban J connectivity index is 2.48. The first kappa shape index (κ1) is 16.0.